The molecule has 156 valence electrons. The summed E-state index contributed by atoms with van der Waals surface area (Å²) in [6, 6.07) is 9.69. The molecule has 0 aromatic heterocycles. The molecule has 7 nitrogen and oxygen atoms in total. The van der Waals surface area contributed by atoms with Crippen LogP contribution in [0.5, 0.6) is 5.75 Å². The average molecular weight is 537 g/mol. The van der Waals surface area contributed by atoms with Gasteiger partial charge in [0.15, 0.2) is 5.54 Å². The Balaban J connectivity index is 1.83. The summed E-state index contributed by atoms with van der Waals surface area (Å²) in [7, 11) is 1.77. The molecule has 2 aliphatic rings. The van der Waals surface area contributed by atoms with Gasteiger partial charge in [0.25, 0.3) is 11.9 Å². The molecule has 0 unspecified atom stereocenters. The number of likely N-dealkylation sites (tertiary alicyclic amines) is 1. The zero-order valence-corrected chi connectivity index (χ0v) is 19.3. The third-order valence-corrected chi connectivity index (χ3v) is 7.01. The smallest absolute Gasteiger partial charge is 0.256 e. The molecule has 1 N–H and O–H groups in total. The minimum Gasteiger partial charge on any atom is -0.487 e. The maximum absolute atomic E-state index is 13.2. The van der Waals surface area contributed by atoms with Gasteiger partial charge in [0.1, 0.15) is 12.4 Å². The molecule has 2 aliphatic heterocycles. The lowest BCUT2D eigenvalue weighted by atomic mass is 9.79. The lowest BCUT2D eigenvalue weighted by Crippen LogP contribution is -2.54. The van der Waals surface area contributed by atoms with Crippen molar-refractivity contribution in [2.45, 2.75) is 17.5 Å². The Morgan fingerprint density at radius 2 is 2.03 bits per heavy atom. The highest BCUT2D eigenvalue weighted by Crippen LogP contribution is 2.52. The van der Waals surface area contributed by atoms with Crippen LogP contribution < -0.4 is 10.1 Å². The second-order valence-electron chi connectivity index (χ2n) is 7.40. The minimum absolute atomic E-state index is 0.320. The van der Waals surface area contributed by atoms with Crippen molar-refractivity contribution >= 4 is 43.5 Å². The van der Waals surface area contributed by atoms with Crippen LogP contribution in [0.1, 0.15) is 17.0 Å². The number of para-hydroxylation sites is 1. The maximum Gasteiger partial charge on any atom is 0.256 e. The van der Waals surface area contributed by atoms with Crippen LogP contribution in [0, 0.1) is 10.1 Å². The topological polar surface area (TPSA) is 84.7 Å². The average Bonchev–Trinajstić information content (AvgIpc) is 3.17. The lowest BCUT2D eigenvalue weighted by Gasteiger charge is -2.30. The molecule has 3 atom stereocenters. The molecule has 1 amide bonds. The van der Waals surface area contributed by atoms with Crippen molar-refractivity contribution in [2.75, 3.05) is 25.5 Å². The van der Waals surface area contributed by atoms with Crippen molar-refractivity contribution in [2.24, 2.45) is 0 Å². The molecule has 2 heterocycles. The number of rotatable bonds is 5. The highest BCUT2D eigenvalue weighted by Gasteiger charge is 2.68. The first-order chi connectivity index (χ1) is 14.3. The van der Waals surface area contributed by atoms with E-state index in [0.29, 0.717) is 39.1 Å². The van der Waals surface area contributed by atoms with Gasteiger partial charge in [0.2, 0.25) is 0 Å². The van der Waals surface area contributed by atoms with Crippen molar-refractivity contribution in [3.8, 4) is 5.75 Å². The first kappa shape index (κ1) is 21.0. The van der Waals surface area contributed by atoms with Gasteiger partial charge in [0.05, 0.1) is 14.9 Å². The molecule has 1 fully saturated rings. The first-order valence-corrected chi connectivity index (χ1v) is 10.9. The molecule has 30 heavy (non-hydrogen) atoms. The maximum atomic E-state index is 13.2. The third kappa shape index (κ3) is 2.99. The number of fused-ring (bicyclic) bond motifs is 2. The quantitative estimate of drug-likeness (QED) is 0.350. The summed E-state index contributed by atoms with van der Waals surface area (Å²) in [5.74, 6) is -0.260. The Hall–Kier alpha value is -2.23. The van der Waals surface area contributed by atoms with Crippen LogP contribution in [0.2, 0.25) is 0 Å². The molecule has 1 saturated heterocycles. The van der Waals surface area contributed by atoms with Gasteiger partial charge in [-0.05, 0) is 62.7 Å². The van der Waals surface area contributed by atoms with Gasteiger partial charge in [-0.2, -0.15) is 0 Å². The summed E-state index contributed by atoms with van der Waals surface area (Å²) in [4.78, 5) is 27.0. The summed E-state index contributed by atoms with van der Waals surface area (Å²) >= 11 is 7.02. The largest absolute Gasteiger partial charge is 0.487 e. The first-order valence-electron chi connectivity index (χ1n) is 9.30. The van der Waals surface area contributed by atoms with Crippen molar-refractivity contribution in [1.29, 1.82) is 0 Å². The second kappa shape index (κ2) is 7.79. The van der Waals surface area contributed by atoms with Crippen molar-refractivity contribution < 1.29 is 14.5 Å². The lowest BCUT2D eigenvalue weighted by molar-refractivity contribution is -0.534. The van der Waals surface area contributed by atoms with Crippen LogP contribution in [0.15, 0.2) is 58.0 Å². The summed E-state index contributed by atoms with van der Waals surface area (Å²) < 4.78 is 7.02. The number of nitrogens with zero attached hydrogens (tertiary/aromatic N) is 2. The van der Waals surface area contributed by atoms with E-state index in [-0.39, 0.29) is 10.8 Å². The Labute approximate surface area is 190 Å². The van der Waals surface area contributed by atoms with Crippen molar-refractivity contribution in [3.63, 3.8) is 0 Å². The van der Waals surface area contributed by atoms with Gasteiger partial charge in [-0.15, -0.1) is 0 Å². The molecule has 9 heteroatoms. The van der Waals surface area contributed by atoms with Crippen LogP contribution >= 0.6 is 31.9 Å². The standard InChI is InChI=1S/C21H19Br2N3O4/c1-3-8-30-18-15(22)9-12(10-16(18)23)13-11-25(2)21(19(13)26(28)29)14-6-4-5-7-17(14)24-20(21)27/h3-7,9-10,13,19H,1,8,11H2,2H3,(H,24,27)/t13-,19+,21-/m0/s1. The summed E-state index contributed by atoms with van der Waals surface area (Å²) in [6.07, 6.45) is 1.64. The Morgan fingerprint density at radius 3 is 2.67 bits per heavy atom. The predicted molar refractivity (Wildman–Crippen MR) is 120 cm³/mol. The SMILES string of the molecule is C=CCOc1c(Br)cc([C@@H]2CN(C)[C@]3(C(=O)Nc4ccccc43)[C@@H]2[N+](=O)[O-])cc1Br. The predicted octanol–water partition coefficient (Wildman–Crippen LogP) is 4.30. The van der Waals surface area contributed by atoms with E-state index in [2.05, 4.69) is 43.8 Å². The van der Waals surface area contributed by atoms with E-state index in [9.17, 15) is 14.9 Å². The fraction of sp³-hybridized carbons (Fsp3) is 0.286. The van der Waals surface area contributed by atoms with Crippen molar-refractivity contribution in [3.05, 3.63) is 79.2 Å². The number of amides is 1. The van der Waals surface area contributed by atoms with Gasteiger partial charge in [-0.25, -0.2) is 0 Å². The minimum atomic E-state index is -1.36. The number of benzene rings is 2. The molecule has 2 aromatic carbocycles. The van der Waals surface area contributed by atoms with Crippen LogP contribution in [-0.2, 0) is 10.3 Å². The van der Waals surface area contributed by atoms with Crippen molar-refractivity contribution in [1.82, 2.24) is 4.90 Å². The zero-order chi connectivity index (χ0) is 21.6. The number of carbonyl (C=O) groups excluding carboxylic acids is 1. The number of ether oxygens (including phenoxy) is 1. The molecule has 0 saturated carbocycles. The molecular formula is C21H19Br2N3O4. The molecule has 1 spiro atoms. The van der Waals surface area contributed by atoms with Crippen LogP contribution in [-0.4, -0.2) is 42.0 Å². The Morgan fingerprint density at radius 1 is 1.37 bits per heavy atom. The summed E-state index contributed by atoms with van der Waals surface area (Å²) in [6.45, 7) is 4.34. The van der Waals surface area contributed by atoms with Crippen LogP contribution in [0.25, 0.3) is 0 Å². The molecule has 0 bridgehead atoms. The van der Waals surface area contributed by atoms with Gasteiger partial charge < -0.3 is 10.1 Å². The van der Waals surface area contributed by atoms with Gasteiger partial charge in [-0.1, -0.05) is 30.9 Å². The Kier molecular flexibility index (Phi) is 5.46. The van der Waals surface area contributed by atoms with E-state index in [1.54, 1.807) is 36.2 Å². The van der Waals surface area contributed by atoms with E-state index >= 15 is 0 Å². The number of hydrogen-bond donors (Lipinski definition) is 1. The van der Waals surface area contributed by atoms with E-state index in [4.69, 9.17) is 4.74 Å². The van der Waals surface area contributed by atoms with Crippen LogP contribution in [0.3, 0.4) is 0 Å². The fourth-order valence-electron chi connectivity index (χ4n) is 4.65. The number of carbonyl (C=O) groups is 1. The van der Waals surface area contributed by atoms with Gasteiger partial charge in [-0.3, -0.25) is 19.8 Å². The fourth-order valence-corrected chi connectivity index (χ4v) is 6.10. The second-order valence-corrected chi connectivity index (χ2v) is 9.11. The number of likely N-dealkylation sites (N-methyl/N-ethyl adjacent to an activating group) is 1. The summed E-state index contributed by atoms with van der Waals surface area (Å²) in [5.41, 5.74) is 0.660. The third-order valence-electron chi connectivity index (χ3n) is 5.84. The molecule has 4 rings (SSSR count). The zero-order valence-electron chi connectivity index (χ0n) is 16.1. The van der Waals surface area contributed by atoms with E-state index < -0.39 is 17.5 Å². The Bertz CT molecular complexity index is 1040. The monoisotopic (exact) mass is 535 g/mol. The number of anilines is 1. The molecular weight excluding hydrogens is 518 g/mol. The highest BCUT2D eigenvalue weighted by atomic mass is 79.9. The molecule has 2 aromatic rings. The summed E-state index contributed by atoms with van der Waals surface area (Å²) in [5, 5.41) is 15.2. The van der Waals surface area contributed by atoms with Gasteiger partial charge >= 0.3 is 0 Å². The number of nitro groups is 1. The van der Waals surface area contributed by atoms with E-state index in [0.717, 1.165) is 5.56 Å². The van der Waals surface area contributed by atoms with E-state index in [1.165, 1.54) is 0 Å². The number of halogens is 2. The number of nitrogens with one attached hydrogen (secondary N) is 1. The van der Waals surface area contributed by atoms with Crippen LogP contribution in [0.4, 0.5) is 5.69 Å². The molecule has 0 radical (unpaired) electrons. The van der Waals surface area contributed by atoms with Gasteiger partial charge in [0, 0.05) is 22.7 Å². The highest BCUT2D eigenvalue weighted by molar-refractivity contribution is 9.11. The number of hydrogen-bond acceptors (Lipinski definition) is 5. The normalized spacial score (nSPS) is 25.2. The van der Waals surface area contributed by atoms with E-state index in [1.807, 2.05) is 18.2 Å². The molecule has 0 aliphatic carbocycles.